The summed E-state index contributed by atoms with van der Waals surface area (Å²) in [6.45, 7) is 7.10. The summed E-state index contributed by atoms with van der Waals surface area (Å²) in [4.78, 5) is 17.1. The van der Waals surface area contributed by atoms with Gasteiger partial charge in [0, 0.05) is 44.3 Å². The van der Waals surface area contributed by atoms with Gasteiger partial charge in [-0.3, -0.25) is 9.69 Å². The Bertz CT molecular complexity index is 969. The van der Waals surface area contributed by atoms with Crippen molar-refractivity contribution in [3.8, 4) is 5.75 Å². The smallest absolute Gasteiger partial charge is 0.253 e. The SMILES string of the molecule is COc1ccc(C(=O)N2CCN(Cc3ccccc3)CC2)cc1S(=O)(=O)NC(C)C. The summed E-state index contributed by atoms with van der Waals surface area (Å²) in [6, 6.07) is 14.5. The third kappa shape index (κ3) is 5.38. The number of methoxy groups -OCH3 is 1. The number of benzene rings is 2. The van der Waals surface area contributed by atoms with Gasteiger partial charge in [0.25, 0.3) is 5.91 Å². The summed E-state index contributed by atoms with van der Waals surface area (Å²) in [5.74, 6) is 0.0467. The lowest BCUT2D eigenvalue weighted by atomic mass is 10.1. The molecule has 1 heterocycles. The van der Waals surface area contributed by atoms with Crippen LogP contribution in [0.2, 0.25) is 0 Å². The number of rotatable bonds is 7. The zero-order chi connectivity index (χ0) is 21.7. The molecule has 3 rings (SSSR count). The van der Waals surface area contributed by atoms with Gasteiger partial charge in [-0.2, -0.15) is 0 Å². The summed E-state index contributed by atoms with van der Waals surface area (Å²) >= 11 is 0. The van der Waals surface area contributed by atoms with Crippen LogP contribution in [0.4, 0.5) is 0 Å². The fourth-order valence-electron chi connectivity index (χ4n) is 3.53. The van der Waals surface area contributed by atoms with Gasteiger partial charge in [0.2, 0.25) is 10.0 Å². The van der Waals surface area contributed by atoms with E-state index >= 15 is 0 Å². The quantitative estimate of drug-likeness (QED) is 0.728. The van der Waals surface area contributed by atoms with E-state index in [1.807, 2.05) is 18.2 Å². The van der Waals surface area contributed by atoms with Crippen LogP contribution in [0, 0.1) is 0 Å². The molecule has 30 heavy (non-hydrogen) atoms. The minimum Gasteiger partial charge on any atom is -0.495 e. The lowest BCUT2D eigenvalue weighted by Gasteiger charge is -2.35. The maximum absolute atomic E-state index is 13.0. The molecule has 0 unspecified atom stereocenters. The lowest BCUT2D eigenvalue weighted by molar-refractivity contribution is 0.0628. The third-order valence-electron chi connectivity index (χ3n) is 5.00. The van der Waals surface area contributed by atoms with Crippen molar-refractivity contribution in [1.29, 1.82) is 0 Å². The number of carbonyl (C=O) groups excluding carboxylic acids is 1. The number of nitrogens with one attached hydrogen (secondary N) is 1. The largest absolute Gasteiger partial charge is 0.495 e. The van der Waals surface area contributed by atoms with E-state index in [2.05, 4.69) is 21.8 Å². The Balaban J connectivity index is 1.71. The van der Waals surface area contributed by atoms with Crippen LogP contribution in [-0.4, -0.2) is 63.5 Å². The van der Waals surface area contributed by atoms with Crippen molar-refractivity contribution in [3.63, 3.8) is 0 Å². The molecule has 0 bridgehead atoms. The van der Waals surface area contributed by atoms with E-state index in [0.29, 0.717) is 18.7 Å². The standard InChI is InChI=1S/C22H29N3O4S/c1-17(2)23-30(27,28)21-15-19(9-10-20(21)29-3)22(26)25-13-11-24(12-14-25)16-18-7-5-4-6-8-18/h4-10,15,17,23H,11-14,16H2,1-3H3. The Hall–Kier alpha value is -2.42. The first-order chi connectivity index (χ1) is 14.3. The average Bonchev–Trinajstić information content (AvgIpc) is 2.73. The molecular formula is C22H29N3O4S. The van der Waals surface area contributed by atoms with E-state index in [9.17, 15) is 13.2 Å². The molecule has 1 aliphatic rings. The predicted octanol–water partition coefficient (Wildman–Crippen LogP) is 2.34. The molecule has 2 aromatic carbocycles. The van der Waals surface area contributed by atoms with Crippen LogP contribution in [0.25, 0.3) is 0 Å². The molecule has 0 radical (unpaired) electrons. The van der Waals surface area contributed by atoms with Gasteiger partial charge < -0.3 is 9.64 Å². The van der Waals surface area contributed by atoms with E-state index in [-0.39, 0.29) is 22.6 Å². The highest BCUT2D eigenvalue weighted by atomic mass is 32.2. The monoisotopic (exact) mass is 431 g/mol. The molecule has 1 saturated heterocycles. The summed E-state index contributed by atoms with van der Waals surface area (Å²) in [7, 11) is -2.37. The zero-order valence-corrected chi connectivity index (χ0v) is 18.5. The molecule has 1 N–H and O–H groups in total. The summed E-state index contributed by atoms with van der Waals surface area (Å²) in [5.41, 5.74) is 1.59. The van der Waals surface area contributed by atoms with Crippen molar-refractivity contribution in [2.45, 2.75) is 31.3 Å². The number of ether oxygens (including phenoxy) is 1. The third-order valence-corrected chi connectivity index (χ3v) is 6.68. The normalized spacial score (nSPS) is 15.4. The van der Waals surface area contributed by atoms with Gasteiger partial charge in [0.1, 0.15) is 10.6 Å². The number of hydrogen-bond acceptors (Lipinski definition) is 5. The Kier molecular flexibility index (Phi) is 7.12. The minimum atomic E-state index is -3.79. The molecule has 7 nitrogen and oxygen atoms in total. The van der Waals surface area contributed by atoms with Crippen LogP contribution in [0.15, 0.2) is 53.4 Å². The minimum absolute atomic E-state index is 0.0211. The van der Waals surface area contributed by atoms with Crippen LogP contribution >= 0.6 is 0 Å². The molecule has 2 aromatic rings. The van der Waals surface area contributed by atoms with Crippen molar-refractivity contribution >= 4 is 15.9 Å². The molecule has 0 aromatic heterocycles. The number of amides is 1. The van der Waals surface area contributed by atoms with E-state index in [4.69, 9.17) is 4.74 Å². The Morgan fingerprint density at radius 3 is 2.33 bits per heavy atom. The molecule has 162 valence electrons. The van der Waals surface area contributed by atoms with Gasteiger partial charge in [0.15, 0.2) is 0 Å². The van der Waals surface area contributed by atoms with Gasteiger partial charge in [-0.05, 0) is 37.6 Å². The second kappa shape index (κ2) is 9.59. The Morgan fingerprint density at radius 1 is 1.07 bits per heavy atom. The van der Waals surface area contributed by atoms with Crippen molar-refractivity contribution < 1.29 is 17.9 Å². The first-order valence-corrected chi connectivity index (χ1v) is 11.5. The van der Waals surface area contributed by atoms with Crippen LogP contribution in [0.5, 0.6) is 5.75 Å². The van der Waals surface area contributed by atoms with E-state index in [0.717, 1.165) is 19.6 Å². The van der Waals surface area contributed by atoms with Crippen molar-refractivity contribution in [2.24, 2.45) is 0 Å². The summed E-state index contributed by atoms with van der Waals surface area (Å²) < 4.78 is 33.1. The maximum atomic E-state index is 13.0. The van der Waals surface area contributed by atoms with E-state index in [1.54, 1.807) is 24.8 Å². The molecule has 0 aliphatic carbocycles. The molecule has 1 fully saturated rings. The van der Waals surface area contributed by atoms with Gasteiger partial charge in [-0.25, -0.2) is 13.1 Å². The molecular weight excluding hydrogens is 402 g/mol. The summed E-state index contributed by atoms with van der Waals surface area (Å²) in [5, 5.41) is 0. The van der Waals surface area contributed by atoms with Crippen molar-refractivity contribution in [3.05, 3.63) is 59.7 Å². The lowest BCUT2D eigenvalue weighted by Crippen LogP contribution is -2.48. The van der Waals surface area contributed by atoms with Crippen molar-refractivity contribution in [2.75, 3.05) is 33.3 Å². The molecule has 0 spiro atoms. The van der Waals surface area contributed by atoms with E-state index < -0.39 is 10.0 Å². The highest BCUT2D eigenvalue weighted by Crippen LogP contribution is 2.26. The first-order valence-electron chi connectivity index (χ1n) is 10.1. The second-order valence-corrected chi connectivity index (χ2v) is 9.38. The van der Waals surface area contributed by atoms with Gasteiger partial charge >= 0.3 is 0 Å². The molecule has 1 amide bonds. The number of hydrogen-bond donors (Lipinski definition) is 1. The van der Waals surface area contributed by atoms with Gasteiger partial charge in [0.05, 0.1) is 7.11 Å². The van der Waals surface area contributed by atoms with Crippen LogP contribution in [0.3, 0.4) is 0 Å². The second-order valence-electron chi connectivity index (χ2n) is 7.70. The average molecular weight is 432 g/mol. The van der Waals surface area contributed by atoms with Crippen LogP contribution in [-0.2, 0) is 16.6 Å². The zero-order valence-electron chi connectivity index (χ0n) is 17.7. The maximum Gasteiger partial charge on any atom is 0.253 e. The van der Waals surface area contributed by atoms with Crippen LogP contribution < -0.4 is 9.46 Å². The predicted molar refractivity (Wildman–Crippen MR) is 116 cm³/mol. The molecule has 8 heteroatoms. The number of sulfonamides is 1. The highest BCUT2D eigenvalue weighted by Gasteiger charge is 2.26. The summed E-state index contributed by atoms with van der Waals surface area (Å²) in [6.07, 6.45) is 0. The Labute approximate surface area is 178 Å². The fraction of sp³-hybridized carbons (Fsp3) is 0.409. The van der Waals surface area contributed by atoms with E-state index in [1.165, 1.54) is 24.8 Å². The van der Waals surface area contributed by atoms with Crippen LogP contribution in [0.1, 0.15) is 29.8 Å². The number of piperazine rings is 1. The fourth-order valence-corrected chi connectivity index (χ4v) is 4.97. The Morgan fingerprint density at radius 2 is 1.73 bits per heavy atom. The van der Waals surface area contributed by atoms with Crippen molar-refractivity contribution in [1.82, 2.24) is 14.5 Å². The van der Waals surface area contributed by atoms with Gasteiger partial charge in [-0.15, -0.1) is 0 Å². The molecule has 0 saturated carbocycles. The van der Waals surface area contributed by atoms with Gasteiger partial charge in [-0.1, -0.05) is 30.3 Å². The molecule has 0 atom stereocenters. The first kappa shape index (κ1) is 22.3. The topological polar surface area (TPSA) is 79.0 Å². The molecule has 1 aliphatic heterocycles. The number of nitrogens with zero attached hydrogens (tertiary/aromatic N) is 2. The number of carbonyl (C=O) groups is 1. The highest BCUT2D eigenvalue weighted by molar-refractivity contribution is 7.89.